The summed E-state index contributed by atoms with van der Waals surface area (Å²) < 4.78 is 5.00. The van der Waals surface area contributed by atoms with Crippen LogP contribution in [0.15, 0.2) is 24.5 Å². The Bertz CT molecular complexity index is 535. The number of anilines is 1. The van der Waals surface area contributed by atoms with Gasteiger partial charge in [0.25, 0.3) is 0 Å². The number of H-pyrrole nitrogens is 1. The first kappa shape index (κ1) is 9.21. The number of nitrogens with one attached hydrogen (secondary N) is 1. The van der Waals surface area contributed by atoms with Crippen molar-refractivity contribution in [2.75, 3.05) is 18.1 Å². The zero-order valence-electron chi connectivity index (χ0n) is 8.64. The van der Waals surface area contributed by atoms with Gasteiger partial charge in [-0.3, -0.25) is 4.90 Å². The molecule has 1 amide bonds. The number of cyclic esters (lactones) is 1. The Labute approximate surface area is 92.0 Å². The second-order valence-corrected chi connectivity index (χ2v) is 3.72. The van der Waals surface area contributed by atoms with Crippen molar-refractivity contribution in [3.8, 4) is 0 Å². The lowest BCUT2D eigenvalue weighted by Crippen LogP contribution is -2.37. The number of aromatic nitrogens is 2. The van der Waals surface area contributed by atoms with Gasteiger partial charge in [0.05, 0.1) is 24.0 Å². The number of hydrogen-bond donors (Lipinski definition) is 1. The number of nitrogens with zero attached hydrogens (tertiary/aromatic N) is 2. The molecule has 1 aliphatic heterocycles. The maximum Gasteiger partial charge on any atom is 0.414 e. The first-order chi connectivity index (χ1) is 7.84. The molecule has 16 heavy (non-hydrogen) atoms. The van der Waals surface area contributed by atoms with Crippen LogP contribution in [0.3, 0.4) is 0 Å². The Hall–Kier alpha value is -2.04. The number of amides is 1. The van der Waals surface area contributed by atoms with Crippen LogP contribution >= 0.6 is 0 Å². The number of rotatable bonds is 1. The van der Waals surface area contributed by atoms with Gasteiger partial charge in [-0.15, -0.1) is 0 Å². The van der Waals surface area contributed by atoms with Crippen molar-refractivity contribution in [1.29, 1.82) is 0 Å². The molecule has 0 atom stereocenters. The Balaban J connectivity index is 2.00. The molecule has 1 N–H and O–H groups in total. The minimum Gasteiger partial charge on any atom is -0.449 e. The predicted molar refractivity (Wildman–Crippen MR) is 59.4 cm³/mol. The van der Waals surface area contributed by atoms with Crippen molar-refractivity contribution in [1.82, 2.24) is 9.97 Å². The highest BCUT2D eigenvalue weighted by Crippen LogP contribution is 2.22. The SMILES string of the molecule is O=C1OCCCN1c1ccc2[nH]cnc2c1. The number of benzene rings is 1. The van der Waals surface area contributed by atoms with Gasteiger partial charge in [-0.05, 0) is 24.6 Å². The van der Waals surface area contributed by atoms with Gasteiger partial charge in [0.2, 0.25) is 0 Å². The van der Waals surface area contributed by atoms with Gasteiger partial charge in [-0.1, -0.05) is 0 Å². The van der Waals surface area contributed by atoms with Crippen LogP contribution in [0.5, 0.6) is 0 Å². The summed E-state index contributed by atoms with van der Waals surface area (Å²) in [5, 5.41) is 0. The molecule has 1 fully saturated rings. The van der Waals surface area contributed by atoms with Crippen LogP contribution in [-0.2, 0) is 4.74 Å². The molecule has 5 nitrogen and oxygen atoms in total. The summed E-state index contributed by atoms with van der Waals surface area (Å²) in [7, 11) is 0. The molecule has 1 aromatic carbocycles. The average Bonchev–Trinajstić information content (AvgIpc) is 2.76. The molecule has 5 heteroatoms. The lowest BCUT2D eigenvalue weighted by Gasteiger charge is -2.26. The van der Waals surface area contributed by atoms with Crippen molar-refractivity contribution in [2.45, 2.75) is 6.42 Å². The van der Waals surface area contributed by atoms with Crippen LogP contribution in [0.25, 0.3) is 11.0 Å². The highest BCUT2D eigenvalue weighted by molar-refractivity contribution is 5.91. The van der Waals surface area contributed by atoms with E-state index in [9.17, 15) is 4.79 Å². The highest BCUT2D eigenvalue weighted by atomic mass is 16.6. The molecule has 3 rings (SSSR count). The van der Waals surface area contributed by atoms with E-state index in [0.717, 1.165) is 23.1 Å². The van der Waals surface area contributed by atoms with Crippen LogP contribution in [0, 0.1) is 0 Å². The molecule has 1 saturated heterocycles. The lowest BCUT2D eigenvalue weighted by molar-refractivity contribution is 0.140. The van der Waals surface area contributed by atoms with Gasteiger partial charge < -0.3 is 9.72 Å². The number of ether oxygens (including phenoxy) is 1. The molecule has 1 aliphatic rings. The Kier molecular flexibility index (Phi) is 2.02. The van der Waals surface area contributed by atoms with Gasteiger partial charge in [-0.25, -0.2) is 9.78 Å². The number of carbonyl (C=O) groups excluding carboxylic acids is 1. The summed E-state index contributed by atoms with van der Waals surface area (Å²) in [5.74, 6) is 0. The predicted octanol–water partition coefficient (Wildman–Crippen LogP) is 1.91. The van der Waals surface area contributed by atoms with Gasteiger partial charge in [-0.2, -0.15) is 0 Å². The molecule has 2 aromatic rings. The first-order valence-corrected chi connectivity index (χ1v) is 5.22. The summed E-state index contributed by atoms with van der Waals surface area (Å²) >= 11 is 0. The van der Waals surface area contributed by atoms with Crippen LogP contribution < -0.4 is 4.90 Å². The van der Waals surface area contributed by atoms with E-state index in [1.54, 1.807) is 11.2 Å². The molecule has 0 radical (unpaired) electrons. The third kappa shape index (κ3) is 1.41. The van der Waals surface area contributed by atoms with Gasteiger partial charge in [0.1, 0.15) is 0 Å². The third-order valence-electron chi connectivity index (χ3n) is 2.69. The first-order valence-electron chi connectivity index (χ1n) is 5.22. The number of carbonyl (C=O) groups is 1. The second kappa shape index (κ2) is 3.52. The molecule has 0 aliphatic carbocycles. The van der Waals surface area contributed by atoms with E-state index in [0.29, 0.717) is 13.2 Å². The fourth-order valence-electron chi connectivity index (χ4n) is 1.87. The zero-order chi connectivity index (χ0) is 11.0. The van der Waals surface area contributed by atoms with E-state index in [1.807, 2.05) is 18.2 Å². The fraction of sp³-hybridized carbons (Fsp3) is 0.273. The molecule has 0 saturated carbocycles. The molecule has 2 heterocycles. The van der Waals surface area contributed by atoms with Gasteiger partial charge in [0.15, 0.2) is 0 Å². The Morgan fingerprint density at radius 1 is 1.44 bits per heavy atom. The topological polar surface area (TPSA) is 58.2 Å². The van der Waals surface area contributed by atoms with Gasteiger partial charge in [0, 0.05) is 12.2 Å². The number of hydrogen-bond acceptors (Lipinski definition) is 3. The van der Waals surface area contributed by atoms with Crippen molar-refractivity contribution in [2.24, 2.45) is 0 Å². The van der Waals surface area contributed by atoms with E-state index < -0.39 is 0 Å². The van der Waals surface area contributed by atoms with E-state index in [1.165, 1.54) is 0 Å². The van der Waals surface area contributed by atoms with E-state index in [4.69, 9.17) is 4.74 Å². The van der Waals surface area contributed by atoms with Crippen LogP contribution in [-0.4, -0.2) is 29.2 Å². The third-order valence-corrected chi connectivity index (χ3v) is 2.69. The largest absolute Gasteiger partial charge is 0.449 e. The maximum absolute atomic E-state index is 11.5. The molecule has 0 bridgehead atoms. The normalized spacial score (nSPS) is 16.5. The molecule has 0 unspecified atom stereocenters. The van der Waals surface area contributed by atoms with Crippen LogP contribution in [0.2, 0.25) is 0 Å². The van der Waals surface area contributed by atoms with Crippen LogP contribution in [0.1, 0.15) is 6.42 Å². The summed E-state index contributed by atoms with van der Waals surface area (Å²) in [6.45, 7) is 1.22. The molecular formula is C11H11N3O2. The Morgan fingerprint density at radius 2 is 2.38 bits per heavy atom. The van der Waals surface area contributed by atoms with E-state index in [-0.39, 0.29) is 6.09 Å². The quantitative estimate of drug-likeness (QED) is 0.793. The van der Waals surface area contributed by atoms with E-state index >= 15 is 0 Å². The molecule has 1 aromatic heterocycles. The monoisotopic (exact) mass is 217 g/mol. The molecule has 0 spiro atoms. The summed E-state index contributed by atoms with van der Waals surface area (Å²) in [5.41, 5.74) is 2.66. The van der Waals surface area contributed by atoms with Crippen molar-refractivity contribution in [3.63, 3.8) is 0 Å². The summed E-state index contributed by atoms with van der Waals surface area (Å²) in [6.07, 6.45) is 2.23. The van der Waals surface area contributed by atoms with E-state index in [2.05, 4.69) is 9.97 Å². The van der Waals surface area contributed by atoms with Gasteiger partial charge >= 0.3 is 6.09 Å². The average molecular weight is 217 g/mol. The highest BCUT2D eigenvalue weighted by Gasteiger charge is 2.21. The standard InChI is InChI=1S/C11H11N3O2/c15-11-14(4-1-5-16-11)8-2-3-9-10(6-8)13-7-12-9/h2-3,6-7H,1,4-5H2,(H,12,13). The number of aromatic amines is 1. The smallest absolute Gasteiger partial charge is 0.414 e. The fourth-order valence-corrected chi connectivity index (χ4v) is 1.87. The summed E-state index contributed by atoms with van der Waals surface area (Å²) in [6, 6.07) is 5.70. The van der Waals surface area contributed by atoms with Crippen molar-refractivity contribution < 1.29 is 9.53 Å². The lowest BCUT2D eigenvalue weighted by atomic mass is 10.2. The molecule has 82 valence electrons. The molecular weight excluding hydrogens is 206 g/mol. The zero-order valence-corrected chi connectivity index (χ0v) is 8.64. The maximum atomic E-state index is 11.5. The van der Waals surface area contributed by atoms with Crippen molar-refractivity contribution >= 4 is 22.8 Å². The van der Waals surface area contributed by atoms with Crippen molar-refractivity contribution in [3.05, 3.63) is 24.5 Å². The minimum atomic E-state index is -0.277. The minimum absolute atomic E-state index is 0.277. The summed E-state index contributed by atoms with van der Waals surface area (Å²) in [4.78, 5) is 20.4. The van der Waals surface area contributed by atoms with Crippen LogP contribution in [0.4, 0.5) is 10.5 Å². The number of fused-ring (bicyclic) bond motifs is 1. The number of imidazole rings is 1. The Morgan fingerprint density at radius 3 is 3.25 bits per heavy atom. The second-order valence-electron chi connectivity index (χ2n) is 3.72.